The number of benzene rings is 2. The van der Waals surface area contributed by atoms with E-state index in [1.807, 2.05) is 0 Å². The molecule has 0 spiro atoms. The van der Waals surface area contributed by atoms with Gasteiger partial charge in [0.15, 0.2) is 0 Å². The molecule has 23 heavy (non-hydrogen) atoms. The first-order valence-electron chi connectivity index (χ1n) is 8.59. The summed E-state index contributed by atoms with van der Waals surface area (Å²) in [5.74, 6) is 2.98. The molecule has 1 fully saturated rings. The molecule has 0 aromatic heterocycles. The maximum atomic E-state index is 6.20. The van der Waals surface area contributed by atoms with Crippen LogP contribution in [0.1, 0.15) is 48.6 Å². The Kier molecular flexibility index (Phi) is 4.02. The molecule has 2 aromatic carbocycles. The molecule has 0 radical (unpaired) electrons. The molecular weight excluding hydrogens is 280 g/mol. The molecule has 0 unspecified atom stereocenters. The Morgan fingerprint density at radius 2 is 1.04 bits per heavy atom. The average Bonchev–Trinajstić information content (AvgIpc) is 2.95. The second-order valence-corrected chi connectivity index (χ2v) is 6.45. The van der Waals surface area contributed by atoms with E-state index in [9.17, 15) is 0 Å². The summed E-state index contributed by atoms with van der Waals surface area (Å²) in [6.07, 6.45) is 9.29. The van der Waals surface area contributed by atoms with Crippen molar-refractivity contribution in [3.8, 4) is 0 Å². The molecule has 0 aliphatic carbocycles. The number of allylic oxidation sites excluding steroid dienone is 4. The van der Waals surface area contributed by atoms with E-state index in [1.54, 1.807) is 0 Å². The predicted octanol–water partition coefficient (Wildman–Crippen LogP) is 5.93. The largest absolute Gasteiger partial charge is 0.467 e. The quantitative estimate of drug-likeness (QED) is 0.668. The monoisotopic (exact) mass is 302 g/mol. The lowest BCUT2D eigenvalue weighted by atomic mass is 9.80. The molecule has 2 atom stereocenters. The van der Waals surface area contributed by atoms with Crippen molar-refractivity contribution in [2.75, 3.05) is 0 Å². The molecule has 1 nitrogen and oxygen atoms in total. The lowest BCUT2D eigenvalue weighted by Gasteiger charge is -2.22. The van der Waals surface area contributed by atoms with Crippen molar-refractivity contribution in [1.29, 1.82) is 0 Å². The van der Waals surface area contributed by atoms with Crippen molar-refractivity contribution in [3.63, 3.8) is 0 Å². The van der Waals surface area contributed by atoms with Crippen LogP contribution in [0.5, 0.6) is 0 Å². The lowest BCUT2D eigenvalue weighted by molar-refractivity contribution is 0.293. The van der Waals surface area contributed by atoms with Gasteiger partial charge >= 0.3 is 0 Å². The van der Waals surface area contributed by atoms with Gasteiger partial charge in [-0.15, -0.1) is 0 Å². The smallest absolute Gasteiger partial charge is 0.100 e. The fraction of sp³-hybridized carbons (Fsp3) is 0.273. The minimum absolute atomic E-state index is 0.337. The van der Waals surface area contributed by atoms with E-state index in [4.69, 9.17) is 4.74 Å². The standard InChI is InChI=1S/C22H22O/c1-3-9-17(10-4-1)21-15-19-13-7-8-14-20(23-19)16-22(21)18-11-5-2-6-12-18/h1-6,9-12,15-16,21-22H,7-8,13-14H2/t21-,22+. The summed E-state index contributed by atoms with van der Waals surface area (Å²) < 4.78 is 6.20. The van der Waals surface area contributed by atoms with Crippen LogP contribution in [-0.4, -0.2) is 0 Å². The number of rotatable bonds is 2. The molecule has 116 valence electrons. The Hall–Kier alpha value is -2.28. The van der Waals surface area contributed by atoms with E-state index in [0.717, 1.165) is 24.4 Å². The van der Waals surface area contributed by atoms with Gasteiger partial charge in [0.1, 0.15) is 11.5 Å². The highest BCUT2D eigenvalue weighted by Crippen LogP contribution is 2.41. The summed E-state index contributed by atoms with van der Waals surface area (Å²) in [7, 11) is 0. The highest BCUT2D eigenvalue weighted by atomic mass is 16.5. The number of hydrogen-bond donors (Lipinski definition) is 0. The van der Waals surface area contributed by atoms with Crippen molar-refractivity contribution in [2.45, 2.75) is 37.5 Å². The third kappa shape index (κ3) is 3.10. The topological polar surface area (TPSA) is 9.23 Å². The van der Waals surface area contributed by atoms with Crippen LogP contribution in [0.3, 0.4) is 0 Å². The Morgan fingerprint density at radius 3 is 1.48 bits per heavy atom. The van der Waals surface area contributed by atoms with E-state index in [1.165, 1.54) is 24.0 Å². The number of hydrogen-bond acceptors (Lipinski definition) is 1. The molecule has 1 heteroatoms. The molecular formula is C22H22O. The summed E-state index contributed by atoms with van der Waals surface area (Å²) in [5.41, 5.74) is 2.72. The Morgan fingerprint density at radius 1 is 0.609 bits per heavy atom. The zero-order valence-electron chi connectivity index (χ0n) is 13.3. The van der Waals surface area contributed by atoms with Crippen molar-refractivity contribution in [3.05, 3.63) is 95.5 Å². The molecule has 2 heterocycles. The summed E-state index contributed by atoms with van der Waals surface area (Å²) in [6, 6.07) is 21.6. The highest BCUT2D eigenvalue weighted by Gasteiger charge is 2.27. The first kappa shape index (κ1) is 14.3. The molecule has 0 amide bonds. The molecule has 2 aliphatic heterocycles. The van der Waals surface area contributed by atoms with Crippen LogP contribution in [0, 0.1) is 0 Å². The second kappa shape index (κ2) is 6.45. The van der Waals surface area contributed by atoms with Gasteiger partial charge in [0.2, 0.25) is 0 Å². The Balaban J connectivity index is 1.83. The average molecular weight is 302 g/mol. The van der Waals surface area contributed by atoms with Crippen molar-refractivity contribution >= 4 is 0 Å². The molecule has 0 N–H and O–H groups in total. The van der Waals surface area contributed by atoms with Crippen LogP contribution in [0.15, 0.2) is 84.3 Å². The third-order valence-corrected chi connectivity index (χ3v) is 4.85. The zero-order valence-corrected chi connectivity index (χ0v) is 13.3. The van der Waals surface area contributed by atoms with Crippen molar-refractivity contribution < 1.29 is 4.74 Å². The van der Waals surface area contributed by atoms with Gasteiger partial charge in [0.05, 0.1) is 0 Å². The summed E-state index contributed by atoms with van der Waals surface area (Å²) in [5, 5.41) is 0. The lowest BCUT2D eigenvalue weighted by Crippen LogP contribution is -2.08. The van der Waals surface area contributed by atoms with Crippen LogP contribution in [0.2, 0.25) is 0 Å². The van der Waals surface area contributed by atoms with Gasteiger partial charge in [0.25, 0.3) is 0 Å². The Labute approximate surface area is 138 Å². The predicted molar refractivity (Wildman–Crippen MR) is 94.1 cm³/mol. The van der Waals surface area contributed by atoms with Crippen LogP contribution in [0.25, 0.3) is 0 Å². The Bertz CT molecular complexity index is 649. The highest BCUT2D eigenvalue weighted by molar-refractivity contribution is 5.38. The first-order chi connectivity index (χ1) is 11.4. The normalized spacial score (nSPS) is 23.8. The zero-order chi connectivity index (χ0) is 15.5. The first-order valence-corrected chi connectivity index (χ1v) is 8.59. The van der Waals surface area contributed by atoms with Gasteiger partial charge in [-0.2, -0.15) is 0 Å². The van der Waals surface area contributed by atoms with E-state index in [0.29, 0.717) is 11.8 Å². The van der Waals surface area contributed by atoms with Gasteiger partial charge in [0, 0.05) is 24.7 Å². The van der Waals surface area contributed by atoms with E-state index in [2.05, 4.69) is 72.8 Å². The number of fused-ring (bicyclic) bond motifs is 2. The van der Waals surface area contributed by atoms with Crippen LogP contribution in [-0.2, 0) is 4.74 Å². The van der Waals surface area contributed by atoms with Crippen LogP contribution < -0.4 is 0 Å². The molecule has 2 bridgehead atoms. The molecule has 2 aromatic rings. The van der Waals surface area contributed by atoms with Gasteiger partial charge in [-0.25, -0.2) is 0 Å². The van der Waals surface area contributed by atoms with Gasteiger partial charge in [-0.05, 0) is 36.1 Å². The minimum Gasteiger partial charge on any atom is -0.467 e. The summed E-state index contributed by atoms with van der Waals surface area (Å²) in [4.78, 5) is 0. The fourth-order valence-electron chi connectivity index (χ4n) is 3.67. The van der Waals surface area contributed by atoms with E-state index in [-0.39, 0.29) is 0 Å². The molecule has 2 aliphatic rings. The van der Waals surface area contributed by atoms with E-state index >= 15 is 0 Å². The SMILES string of the molecule is C1=C2CCCCC(=C[C@@H](c3ccccc3)[C@H]1c1ccccc1)O2. The maximum Gasteiger partial charge on any atom is 0.100 e. The van der Waals surface area contributed by atoms with Gasteiger partial charge in [-0.3, -0.25) is 0 Å². The van der Waals surface area contributed by atoms with E-state index < -0.39 is 0 Å². The van der Waals surface area contributed by atoms with Crippen LogP contribution >= 0.6 is 0 Å². The summed E-state index contributed by atoms with van der Waals surface area (Å²) >= 11 is 0. The maximum absolute atomic E-state index is 6.20. The second-order valence-electron chi connectivity index (χ2n) is 6.45. The summed E-state index contributed by atoms with van der Waals surface area (Å²) in [6.45, 7) is 0. The van der Waals surface area contributed by atoms with Gasteiger partial charge in [-0.1, -0.05) is 60.7 Å². The molecule has 4 rings (SSSR count). The third-order valence-electron chi connectivity index (χ3n) is 4.85. The fourth-order valence-corrected chi connectivity index (χ4v) is 3.67. The van der Waals surface area contributed by atoms with Crippen molar-refractivity contribution in [1.82, 2.24) is 0 Å². The minimum atomic E-state index is 0.337. The van der Waals surface area contributed by atoms with Gasteiger partial charge < -0.3 is 4.74 Å². The number of ether oxygens (including phenoxy) is 1. The molecule has 0 saturated carbocycles. The van der Waals surface area contributed by atoms with Crippen LogP contribution in [0.4, 0.5) is 0 Å². The van der Waals surface area contributed by atoms with Crippen molar-refractivity contribution in [2.24, 2.45) is 0 Å². The molecule has 1 saturated heterocycles.